The van der Waals surface area contributed by atoms with E-state index in [2.05, 4.69) is 16.8 Å². The van der Waals surface area contributed by atoms with Crippen molar-refractivity contribution in [3.63, 3.8) is 0 Å². The van der Waals surface area contributed by atoms with E-state index >= 15 is 0 Å². The van der Waals surface area contributed by atoms with Gasteiger partial charge in [0, 0.05) is 25.2 Å². The van der Waals surface area contributed by atoms with Crippen molar-refractivity contribution in [1.82, 2.24) is 19.4 Å². The van der Waals surface area contributed by atoms with Crippen LogP contribution in [-0.2, 0) is 13.1 Å². The Kier molecular flexibility index (Phi) is 7.75. The lowest BCUT2D eigenvalue weighted by Gasteiger charge is -2.19. The molecule has 0 bridgehead atoms. The molecule has 178 valence electrons. The van der Waals surface area contributed by atoms with Gasteiger partial charge in [0.25, 0.3) is 5.91 Å². The van der Waals surface area contributed by atoms with Gasteiger partial charge in [-0.2, -0.15) is 0 Å². The summed E-state index contributed by atoms with van der Waals surface area (Å²) in [5.41, 5.74) is 1.65. The first-order valence-corrected chi connectivity index (χ1v) is 12.0. The first kappa shape index (κ1) is 23.7. The van der Waals surface area contributed by atoms with Crippen molar-refractivity contribution < 1.29 is 4.79 Å². The van der Waals surface area contributed by atoms with Crippen LogP contribution in [0.15, 0.2) is 70.8 Å². The highest BCUT2D eigenvalue weighted by Gasteiger charge is 2.13. The van der Waals surface area contributed by atoms with Crippen LogP contribution in [0.1, 0.15) is 41.6 Å². The van der Waals surface area contributed by atoms with Gasteiger partial charge in [0.15, 0.2) is 0 Å². The van der Waals surface area contributed by atoms with E-state index in [1.54, 1.807) is 18.2 Å². The van der Waals surface area contributed by atoms with Crippen LogP contribution in [-0.4, -0.2) is 46.1 Å². The van der Waals surface area contributed by atoms with E-state index < -0.39 is 11.1 Å². The number of amides is 1. The van der Waals surface area contributed by atoms with Gasteiger partial charge in [-0.05, 0) is 55.8 Å². The lowest BCUT2D eigenvalue weighted by atomic mass is 10.1. The summed E-state index contributed by atoms with van der Waals surface area (Å²) in [6.07, 6.45) is 6.67. The summed E-state index contributed by atoms with van der Waals surface area (Å²) in [5.74, 6) is -0.101. The molecule has 7 nitrogen and oxygen atoms in total. The maximum atomic E-state index is 12.9. The molecule has 1 saturated heterocycles. The minimum atomic E-state index is -0.573. The van der Waals surface area contributed by atoms with Gasteiger partial charge in [-0.15, -0.1) is 6.58 Å². The number of nitrogens with zero attached hydrogens (tertiary/aromatic N) is 3. The van der Waals surface area contributed by atoms with Crippen LogP contribution < -0.4 is 16.4 Å². The normalized spacial score (nSPS) is 14.6. The van der Waals surface area contributed by atoms with Gasteiger partial charge >= 0.3 is 11.1 Å². The third-order valence-corrected chi connectivity index (χ3v) is 6.42. The van der Waals surface area contributed by atoms with Crippen molar-refractivity contribution in [2.45, 2.75) is 38.8 Å². The number of rotatable bonds is 8. The summed E-state index contributed by atoms with van der Waals surface area (Å²) in [7, 11) is 0. The standard InChI is InChI=1S/C27H32N4O3/c1-2-16-30-23-9-5-6-10-24(23)31(27(34)26(30)33)20-21-11-13-22(14-12-21)25(32)28-15-19-29-17-7-3-4-8-18-29/h2,5-6,9-14H,1,3-4,7-8,15-20H2,(H,28,32). The number of nitrogens with one attached hydrogen (secondary N) is 1. The van der Waals surface area contributed by atoms with E-state index in [0.29, 0.717) is 23.1 Å². The van der Waals surface area contributed by atoms with Gasteiger partial charge in [0.2, 0.25) is 0 Å². The Bertz CT molecular complexity index is 1270. The van der Waals surface area contributed by atoms with Crippen molar-refractivity contribution in [3.05, 3.63) is 93.0 Å². The Morgan fingerprint density at radius 1 is 0.882 bits per heavy atom. The van der Waals surface area contributed by atoms with Crippen molar-refractivity contribution in [2.24, 2.45) is 0 Å². The third-order valence-electron chi connectivity index (χ3n) is 6.42. The second-order valence-corrected chi connectivity index (χ2v) is 8.79. The fourth-order valence-corrected chi connectivity index (χ4v) is 4.57. The van der Waals surface area contributed by atoms with Crippen molar-refractivity contribution in [1.29, 1.82) is 0 Å². The van der Waals surface area contributed by atoms with E-state index in [4.69, 9.17) is 0 Å². The van der Waals surface area contributed by atoms with Crippen LogP contribution in [0.5, 0.6) is 0 Å². The van der Waals surface area contributed by atoms with Crippen LogP contribution in [0.25, 0.3) is 11.0 Å². The van der Waals surface area contributed by atoms with E-state index in [1.165, 1.54) is 34.8 Å². The van der Waals surface area contributed by atoms with Crippen molar-refractivity contribution in [3.8, 4) is 0 Å². The van der Waals surface area contributed by atoms with Crippen LogP contribution in [0.2, 0.25) is 0 Å². The Morgan fingerprint density at radius 2 is 1.50 bits per heavy atom. The fourth-order valence-electron chi connectivity index (χ4n) is 4.57. The zero-order valence-electron chi connectivity index (χ0n) is 19.5. The highest BCUT2D eigenvalue weighted by molar-refractivity contribution is 5.94. The maximum absolute atomic E-state index is 12.9. The maximum Gasteiger partial charge on any atom is 0.317 e. The minimum absolute atomic E-state index is 0.101. The molecule has 0 radical (unpaired) electrons. The second-order valence-electron chi connectivity index (χ2n) is 8.79. The molecule has 7 heteroatoms. The molecule has 1 aromatic heterocycles. The average molecular weight is 461 g/mol. The summed E-state index contributed by atoms with van der Waals surface area (Å²) in [4.78, 5) is 40.5. The predicted molar refractivity (Wildman–Crippen MR) is 135 cm³/mol. The predicted octanol–water partition coefficient (Wildman–Crippen LogP) is 3.00. The number of carbonyl (C=O) groups is 1. The number of aromatic nitrogens is 2. The molecular weight excluding hydrogens is 428 g/mol. The minimum Gasteiger partial charge on any atom is -0.351 e. The van der Waals surface area contributed by atoms with E-state index in [-0.39, 0.29) is 19.0 Å². The SMILES string of the molecule is C=CCn1c(=O)c(=O)n(Cc2ccc(C(=O)NCCN3CCCCCC3)cc2)c2ccccc21. The molecule has 0 spiro atoms. The number of carbonyl (C=O) groups excluding carboxylic acids is 1. The quantitative estimate of drug-likeness (QED) is 0.414. The highest BCUT2D eigenvalue weighted by Crippen LogP contribution is 2.13. The molecule has 34 heavy (non-hydrogen) atoms. The molecule has 1 aliphatic heterocycles. The van der Waals surface area contributed by atoms with Gasteiger partial charge in [0.05, 0.1) is 17.6 Å². The van der Waals surface area contributed by atoms with Crippen LogP contribution in [0.4, 0.5) is 0 Å². The zero-order chi connectivity index (χ0) is 23.9. The topological polar surface area (TPSA) is 76.3 Å². The Hall–Kier alpha value is -3.45. The monoisotopic (exact) mass is 460 g/mol. The van der Waals surface area contributed by atoms with Gasteiger partial charge in [-0.25, -0.2) is 0 Å². The molecule has 1 amide bonds. The van der Waals surface area contributed by atoms with Gasteiger partial charge < -0.3 is 10.2 Å². The highest BCUT2D eigenvalue weighted by atomic mass is 16.2. The van der Waals surface area contributed by atoms with Crippen LogP contribution in [0.3, 0.4) is 0 Å². The fraction of sp³-hybridized carbons (Fsp3) is 0.370. The molecule has 2 aromatic carbocycles. The Labute approximate surface area is 199 Å². The average Bonchev–Trinajstić information content (AvgIpc) is 3.14. The number of hydrogen-bond acceptors (Lipinski definition) is 4. The molecule has 0 unspecified atom stereocenters. The zero-order valence-corrected chi connectivity index (χ0v) is 19.5. The first-order chi connectivity index (χ1) is 16.6. The Morgan fingerprint density at radius 3 is 2.15 bits per heavy atom. The number of hydrogen-bond donors (Lipinski definition) is 1. The molecule has 1 N–H and O–H groups in total. The number of para-hydroxylation sites is 2. The lowest BCUT2D eigenvalue weighted by Crippen LogP contribution is -2.41. The smallest absolute Gasteiger partial charge is 0.317 e. The molecular formula is C27H32N4O3. The van der Waals surface area contributed by atoms with Crippen molar-refractivity contribution >= 4 is 16.9 Å². The molecule has 0 atom stereocenters. The second kappa shape index (κ2) is 11.1. The number of benzene rings is 2. The molecule has 0 saturated carbocycles. The lowest BCUT2D eigenvalue weighted by molar-refractivity contribution is 0.0948. The van der Waals surface area contributed by atoms with Crippen LogP contribution in [0, 0.1) is 0 Å². The van der Waals surface area contributed by atoms with Gasteiger partial charge in [0.1, 0.15) is 0 Å². The van der Waals surface area contributed by atoms with Gasteiger partial charge in [-0.3, -0.25) is 23.5 Å². The summed E-state index contributed by atoms with van der Waals surface area (Å²) < 4.78 is 2.94. The van der Waals surface area contributed by atoms with E-state index in [0.717, 1.165) is 25.2 Å². The molecule has 0 aliphatic carbocycles. The molecule has 2 heterocycles. The van der Waals surface area contributed by atoms with Crippen molar-refractivity contribution in [2.75, 3.05) is 26.2 Å². The van der Waals surface area contributed by atoms with E-state index in [9.17, 15) is 14.4 Å². The number of fused-ring (bicyclic) bond motifs is 1. The molecule has 4 rings (SSSR count). The van der Waals surface area contributed by atoms with Crippen LogP contribution >= 0.6 is 0 Å². The van der Waals surface area contributed by atoms with E-state index in [1.807, 2.05) is 36.4 Å². The number of allylic oxidation sites excluding steroid dienone is 1. The molecule has 3 aromatic rings. The first-order valence-electron chi connectivity index (χ1n) is 12.0. The third kappa shape index (κ3) is 5.37. The molecule has 1 fully saturated rings. The Balaban J connectivity index is 1.46. The molecule has 1 aliphatic rings. The number of likely N-dealkylation sites (tertiary alicyclic amines) is 1. The summed E-state index contributed by atoms with van der Waals surface area (Å²) in [6.45, 7) is 7.93. The largest absolute Gasteiger partial charge is 0.351 e. The summed E-state index contributed by atoms with van der Waals surface area (Å²) in [6, 6.07) is 14.6. The van der Waals surface area contributed by atoms with Gasteiger partial charge in [-0.1, -0.05) is 43.2 Å². The summed E-state index contributed by atoms with van der Waals surface area (Å²) in [5, 5.41) is 3.01. The summed E-state index contributed by atoms with van der Waals surface area (Å²) >= 11 is 0.